The van der Waals surface area contributed by atoms with Crippen LogP contribution in [0.1, 0.15) is 90.3 Å². The van der Waals surface area contributed by atoms with Crippen LogP contribution >= 0.6 is 7.92 Å². The van der Waals surface area contributed by atoms with E-state index in [-0.39, 0.29) is 27.4 Å². The molecule has 1 aliphatic carbocycles. The maximum atomic E-state index is 8.00. The summed E-state index contributed by atoms with van der Waals surface area (Å²) in [4.78, 5) is 0. The molecule has 0 saturated heterocycles. The fourth-order valence-electron chi connectivity index (χ4n) is 5.22. The van der Waals surface area contributed by atoms with Gasteiger partial charge in [-0.3, -0.25) is 0 Å². The fraction of sp³-hybridized carbons (Fsp3) is 0.395. The average Bonchev–Trinajstić information content (AvgIpc) is 3.57. The fourth-order valence-corrected chi connectivity index (χ4v) is 8.80. The second kappa shape index (κ2) is 22.2. The maximum Gasteiger partial charge on any atom is 2.00 e. The molecule has 3 aromatic carbocycles. The standard InChI is InChI=1S/C23H15.C9H21P.C5H10.CO.Ru/c1-2-23(21-14-8-4-9-15-21,22-16-10-5-11-17-22)19-18-20-12-6-3-7-13-20;1-7(2)10(8(3)4)9(5)6;1-2-4-5-3-1;1-2;/h3-17H;7-9H,1-6H3;1-5H2;;/q-1;;;;+2. The van der Waals surface area contributed by atoms with Gasteiger partial charge in [-0.25, -0.2) is 0 Å². The van der Waals surface area contributed by atoms with Crippen LogP contribution in [0.2, 0.25) is 0 Å². The molecule has 0 atom stereocenters. The Kier molecular flexibility index (Phi) is 20.9. The van der Waals surface area contributed by atoms with E-state index in [0.717, 1.165) is 33.7 Å². The van der Waals surface area contributed by atoms with Crippen molar-refractivity contribution in [2.24, 2.45) is 0 Å². The second-order valence-electron chi connectivity index (χ2n) is 10.7. The Morgan fingerprint density at radius 3 is 1.20 bits per heavy atom. The summed E-state index contributed by atoms with van der Waals surface area (Å²) in [5.41, 5.74) is 4.66. The molecule has 1 saturated carbocycles. The van der Waals surface area contributed by atoms with Gasteiger partial charge < -0.3 is 12.3 Å². The topological polar surface area (TPSA) is 19.9 Å². The SMILES string of the molecule is C1CCCC1.CC(C)P(C(C)C)C(C)C.[C-]#CC(C#Cc1ccccc1)(c1ccccc1)c1ccccc1.[C-]#[O+].[Ru+2]. The van der Waals surface area contributed by atoms with Gasteiger partial charge >= 0.3 is 30.8 Å². The molecule has 4 rings (SSSR count). The van der Waals surface area contributed by atoms with Gasteiger partial charge in [0.15, 0.2) is 0 Å². The molecule has 216 valence electrons. The van der Waals surface area contributed by atoms with Crippen molar-refractivity contribution in [1.82, 2.24) is 0 Å². The van der Waals surface area contributed by atoms with Crippen LogP contribution < -0.4 is 0 Å². The van der Waals surface area contributed by atoms with Gasteiger partial charge in [0.05, 0.1) is 0 Å². The van der Waals surface area contributed by atoms with Crippen LogP contribution in [0.25, 0.3) is 0 Å². The van der Waals surface area contributed by atoms with Crippen molar-refractivity contribution in [2.75, 3.05) is 0 Å². The van der Waals surface area contributed by atoms with Crippen LogP contribution in [-0.2, 0) is 29.5 Å². The minimum atomic E-state index is -0.863. The van der Waals surface area contributed by atoms with E-state index < -0.39 is 5.41 Å². The first kappa shape index (κ1) is 38.6. The predicted octanol–water partition coefficient (Wildman–Crippen LogP) is 10.2. The Morgan fingerprint density at radius 2 is 0.927 bits per heavy atom. The van der Waals surface area contributed by atoms with Crippen molar-refractivity contribution in [3.63, 3.8) is 0 Å². The molecule has 0 N–H and O–H groups in total. The molecule has 0 radical (unpaired) electrons. The molecule has 0 spiro atoms. The van der Waals surface area contributed by atoms with E-state index in [1.54, 1.807) is 0 Å². The van der Waals surface area contributed by atoms with E-state index >= 15 is 0 Å². The summed E-state index contributed by atoms with van der Waals surface area (Å²) in [7, 11) is 0.262. The van der Waals surface area contributed by atoms with Crippen molar-refractivity contribution >= 4 is 7.92 Å². The van der Waals surface area contributed by atoms with E-state index in [1.165, 1.54) is 32.1 Å². The molecule has 1 aliphatic rings. The molecule has 0 unspecified atom stereocenters. The van der Waals surface area contributed by atoms with Crippen LogP contribution in [0, 0.1) is 30.8 Å². The number of hydrogen-bond donors (Lipinski definition) is 0. The molecular weight excluding hydrogens is 604 g/mol. The molecule has 0 heterocycles. The molecule has 0 bridgehead atoms. The minimum Gasteiger partial charge on any atom is 2.00 e. The van der Waals surface area contributed by atoms with Crippen molar-refractivity contribution in [1.29, 1.82) is 0 Å². The monoisotopic (exact) mass is 651 g/mol. The first-order chi connectivity index (χ1) is 19.3. The zero-order valence-corrected chi connectivity index (χ0v) is 28.3. The molecule has 3 aromatic rings. The van der Waals surface area contributed by atoms with Crippen molar-refractivity contribution in [3.8, 4) is 17.8 Å². The van der Waals surface area contributed by atoms with E-state index in [2.05, 4.69) is 66.0 Å². The van der Waals surface area contributed by atoms with E-state index in [0.29, 0.717) is 0 Å². The van der Waals surface area contributed by atoms with Crippen molar-refractivity contribution < 1.29 is 24.1 Å². The van der Waals surface area contributed by atoms with Gasteiger partial charge in [-0.05, 0) is 40.2 Å². The molecule has 1 nitrogen and oxygen atoms in total. The predicted molar refractivity (Wildman–Crippen MR) is 173 cm³/mol. The van der Waals surface area contributed by atoms with E-state index in [4.69, 9.17) is 11.1 Å². The molecule has 41 heavy (non-hydrogen) atoms. The third kappa shape index (κ3) is 13.4. The molecular formula is C38H46OPRu+. The first-order valence-corrected chi connectivity index (χ1v) is 16.0. The van der Waals surface area contributed by atoms with E-state index in [1.807, 2.05) is 91.0 Å². The Morgan fingerprint density at radius 1 is 0.610 bits per heavy atom. The first-order valence-electron chi connectivity index (χ1n) is 14.4. The van der Waals surface area contributed by atoms with Gasteiger partial charge in [-0.1, -0.05) is 172 Å². The second-order valence-corrected chi connectivity index (χ2v) is 14.7. The van der Waals surface area contributed by atoms with Gasteiger partial charge in [-0.2, -0.15) is 0 Å². The third-order valence-corrected chi connectivity index (χ3v) is 10.4. The van der Waals surface area contributed by atoms with Gasteiger partial charge in [-0.15, -0.1) is 0 Å². The van der Waals surface area contributed by atoms with Crippen LogP contribution in [0.3, 0.4) is 0 Å². The molecule has 0 aromatic heterocycles. The zero-order chi connectivity index (χ0) is 29.8. The smallest absolute Gasteiger partial charge is 2.00 e. The zero-order valence-electron chi connectivity index (χ0n) is 25.6. The molecule has 1 fully saturated rings. The number of rotatable bonds is 5. The summed E-state index contributed by atoms with van der Waals surface area (Å²) in [6.07, 6.45) is 15.5. The van der Waals surface area contributed by atoms with Gasteiger partial charge in [0.25, 0.3) is 0 Å². The van der Waals surface area contributed by atoms with E-state index in [9.17, 15) is 0 Å². The normalized spacial score (nSPS) is 11.8. The maximum absolute atomic E-state index is 8.00. The Bertz CT molecular complexity index is 1110. The summed E-state index contributed by atoms with van der Waals surface area (Å²) < 4.78 is 7.50. The quantitative estimate of drug-likeness (QED) is 0.0861. The Balaban J connectivity index is 0.000000737. The van der Waals surface area contributed by atoms with Crippen molar-refractivity contribution in [2.45, 2.75) is 96.0 Å². The summed E-state index contributed by atoms with van der Waals surface area (Å²) >= 11 is 0. The molecule has 0 amide bonds. The molecule has 0 aliphatic heterocycles. The van der Waals surface area contributed by atoms with Gasteiger partial charge in [0.1, 0.15) is 5.41 Å². The summed E-state index contributed by atoms with van der Waals surface area (Å²) in [5, 5.41) is 0. The summed E-state index contributed by atoms with van der Waals surface area (Å²) in [6.45, 7) is 18.6. The van der Waals surface area contributed by atoms with Crippen LogP contribution in [0.15, 0.2) is 91.0 Å². The van der Waals surface area contributed by atoms with Crippen LogP contribution in [-0.4, -0.2) is 17.0 Å². The Labute approximate surface area is 265 Å². The van der Waals surface area contributed by atoms with Crippen LogP contribution in [0.5, 0.6) is 0 Å². The number of hydrogen-bond acceptors (Lipinski definition) is 0. The van der Waals surface area contributed by atoms with Gasteiger partial charge in [0, 0.05) is 5.56 Å². The summed E-state index contributed by atoms with van der Waals surface area (Å²) in [5.74, 6) is 9.18. The Hall–Kier alpha value is -2.43. The van der Waals surface area contributed by atoms with Crippen LogP contribution in [0.4, 0.5) is 0 Å². The third-order valence-electron chi connectivity index (χ3n) is 6.81. The summed E-state index contributed by atoms with van der Waals surface area (Å²) in [6, 6.07) is 29.6. The molecule has 3 heteroatoms. The van der Waals surface area contributed by atoms with Gasteiger partial charge in [0.2, 0.25) is 0 Å². The largest absolute Gasteiger partial charge is 2.00 e. The number of benzene rings is 3. The minimum absolute atomic E-state index is 0. The average molecular weight is 651 g/mol. The van der Waals surface area contributed by atoms with Crippen molar-refractivity contribution in [3.05, 3.63) is 121 Å².